The van der Waals surface area contributed by atoms with E-state index in [-0.39, 0.29) is 6.61 Å². The van der Waals surface area contributed by atoms with Gasteiger partial charge in [0.05, 0.1) is 11.4 Å². The second-order valence-electron chi connectivity index (χ2n) is 10.2. The zero-order valence-corrected chi connectivity index (χ0v) is 25.7. The standard InChI is InChI=1S/C38H32N2O3S/c1-28-26-35(20-21-37(28)43-27-38(41)42)44-25-22-36(31-14-8-29(9-15-31)12-18-33-6-4-23-39(33)2)32-16-10-30(11-17-32)13-19-34-7-5-24-40(34)3/h4-11,14-17,20-24,26H,25,27H2,1-3H3,(H,41,42). The number of thioether (sulfide) groups is 1. The Bertz CT molecular complexity index is 1820. The molecule has 0 spiro atoms. The molecule has 2 aromatic heterocycles. The largest absolute Gasteiger partial charge is 0.482 e. The highest BCUT2D eigenvalue weighted by molar-refractivity contribution is 7.99. The summed E-state index contributed by atoms with van der Waals surface area (Å²) in [6, 6.07) is 30.5. The van der Waals surface area contributed by atoms with Gasteiger partial charge in [-0.25, -0.2) is 4.79 Å². The molecule has 0 aliphatic rings. The van der Waals surface area contributed by atoms with Gasteiger partial charge in [0, 0.05) is 48.3 Å². The van der Waals surface area contributed by atoms with Gasteiger partial charge in [0.2, 0.25) is 0 Å². The van der Waals surface area contributed by atoms with E-state index in [1.165, 1.54) is 0 Å². The summed E-state index contributed by atoms with van der Waals surface area (Å²) in [6.07, 6.45) is 6.22. The minimum atomic E-state index is -0.993. The Hall–Kier alpha value is -5.30. The average Bonchev–Trinajstić information content (AvgIpc) is 3.64. The normalized spacial score (nSPS) is 10.2. The van der Waals surface area contributed by atoms with Crippen molar-refractivity contribution in [3.63, 3.8) is 0 Å². The van der Waals surface area contributed by atoms with Crippen LogP contribution in [0.3, 0.4) is 0 Å². The maximum absolute atomic E-state index is 10.9. The van der Waals surface area contributed by atoms with Gasteiger partial charge in [0.1, 0.15) is 5.75 Å². The highest BCUT2D eigenvalue weighted by Crippen LogP contribution is 2.29. The highest BCUT2D eigenvalue weighted by Gasteiger charge is 2.08. The summed E-state index contributed by atoms with van der Waals surface area (Å²) in [5, 5.41) is 8.91. The van der Waals surface area contributed by atoms with E-state index in [9.17, 15) is 4.79 Å². The van der Waals surface area contributed by atoms with Crippen LogP contribution in [0.25, 0.3) is 5.57 Å². The van der Waals surface area contributed by atoms with E-state index in [0.717, 1.165) is 55.4 Å². The number of carboxylic acid groups (broad SMARTS) is 1. The molecular weight excluding hydrogens is 564 g/mol. The van der Waals surface area contributed by atoms with E-state index in [1.807, 2.05) is 85.0 Å². The van der Waals surface area contributed by atoms with E-state index in [4.69, 9.17) is 9.84 Å². The van der Waals surface area contributed by atoms with Crippen LogP contribution in [0.1, 0.15) is 39.2 Å². The Balaban J connectivity index is 1.38. The summed E-state index contributed by atoms with van der Waals surface area (Å²) in [7, 11) is 3.98. The van der Waals surface area contributed by atoms with Gasteiger partial charge in [0.25, 0.3) is 0 Å². The molecule has 3 aromatic carbocycles. The Morgan fingerprint density at radius 3 is 1.80 bits per heavy atom. The number of aromatic nitrogens is 2. The fourth-order valence-electron chi connectivity index (χ4n) is 4.56. The predicted molar refractivity (Wildman–Crippen MR) is 178 cm³/mol. The molecule has 0 amide bonds. The molecule has 5 rings (SSSR count). The van der Waals surface area contributed by atoms with Crippen molar-refractivity contribution in [2.75, 3.05) is 12.4 Å². The average molecular weight is 597 g/mol. The summed E-state index contributed by atoms with van der Waals surface area (Å²) in [4.78, 5) is 11.9. The molecule has 5 nitrogen and oxygen atoms in total. The van der Waals surface area contributed by atoms with Crippen LogP contribution >= 0.6 is 11.8 Å². The number of hydrogen-bond acceptors (Lipinski definition) is 3. The first-order valence-corrected chi connectivity index (χ1v) is 15.1. The van der Waals surface area contributed by atoms with Gasteiger partial charge in [-0.05, 0) is 108 Å². The summed E-state index contributed by atoms with van der Waals surface area (Å²) in [5.41, 5.74) is 8.08. The molecule has 0 aliphatic carbocycles. The lowest BCUT2D eigenvalue weighted by Crippen LogP contribution is -2.09. The number of rotatable bonds is 8. The quantitative estimate of drug-likeness (QED) is 0.153. The van der Waals surface area contributed by atoms with Crippen LogP contribution in [0.2, 0.25) is 0 Å². The van der Waals surface area contributed by atoms with Crippen molar-refractivity contribution in [3.05, 3.63) is 149 Å². The van der Waals surface area contributed by atoms with Crippen molar-refractivity contribution in [1.82, 2.24) is 9.13 Å². The van der Waals surface area contributed by atoms with Crippen LogP contribution in [0.4, 0.5) is 0 Å². The fraction of sp³-hybridized carbons (Fsp3) is 0.132. The monoisotopic (exact) mass is 596 g/mol. The van der Waals surface area contributed by atoms with E-state index >= 15 is 0 Å². The lowest BCUT2D eigenvalue weighted by molar-refractivity contribution is -0.139. The van der Waals surface area contributed by atoms with Crippen LogP contribution in [0.15, 0.2) is 114 Å². The molecule has 5 aromatic rings. The third-order valence-electron chi connectivity index (χ3n) is 6.98. The molecule has 0 fully saturated rings. The van der Waals surface area contributed by atoms with Gasteiger partial charge < -0.3 is 19.0 Å². The van der Waals surface area contributed by atoms with Crippen molar-refractivity contribution in [2.24, 2.45) is 14.1 Å². The number of hydrogen-bond donors (Lipinski definition) is 1. The minimum absolute atomic E-state index is 0.355. The summed E-state index contributed by atoms with van der Waals surface area (Å²) in [5.74, 6) is 13.3. The van der Waals surface area contributed by atoms with Crippen LogP contribution < -0.4 is 4.74 Å². The predicted octanol–water partition coefficient (Wildman–Crippen LogP) is 7.16. The Kier molecular flexibility index (Phi) is 9.77. The Morgan fingerprint density at radius 2 is 1.34 bits per heavy atom. The SMILES string of the molecule is Cc1cc(SCC=C(c2ccc(C#Cc3cccn3C)cc2)c2ccc(C#Cc3cccn3C)cc2)ccc1OCC(=O)O. The lowest BCUT2D eigenvalue weighted by atomic mass is 9.96. The molecule has 218 valence electrons. The summed E-state index contributed by atoms with van der Waals surface area (Å²) >= 11 is 1.71. The second kappa shape index (κ2) is 14.2. The second-order valence-corrected chi connectivity index (χ2v) is 11.3. The maximum Gasteiger partial charge on any atom is 0.341 e. The third-order valence-corrected chi connectivity index (χ3v) is 7.90. The smallest absolute Gasteiger partial charge is 0.341 e. The molecule has 0 atom stereocenters. The lowest BCUT2D eigenvalue weighted by Gasteiger charge is -2.11. The molecule has 0 bridgehead atoms. The molecule has 6 heteroatoms. The van der Waals surface area contributed by atoms with E-state index in [0.29, 0.717) is 5.75 Å². The first-order chi connectivity index (χ1) is 21.4. The number of ether oxygens (including phenoxy) is 1. The number of carboxylic acids is 1. The van der Waals surface area contributed by atoms with Gasteiger partial charge in [0.15, 0.2) is 6.61 Å². The number of carbonyl (C=O) groups is 1. The van der Waals surface area contributed by atoms with E-state index in [1.54, 1.807) is 11.8 Å². The van der Waals surface area contributed by atoms with Crippen molar-refractivity contribution in [2.45, 2.75) is 11.8 Å². The van der Waals surface area contributed by atoms with Crippen LogP contribution in [-0.2, 0) is 18.9 Å². The molecule has 1 N–H and O–H groups in total. The molecule has 0 aliphatic heterocycles. The summed E-state index contributed by atoms with van der Waals surface area (Å²) < 4.78 is 9.39. The summed E-state index contributed by atoms with van der Waals surface area (Å²) in [6.45, 7) is 1.57. The van der Waals surface area contributed by atoms with Crippen molar-refractivity contribution >= 4 is 23.3 Å². The molecule has 0 saturated heterocycles. The number of nitrogens with zero attached hydrogens (tertiary/aromatic N) is 2. The molecule has 0 saturated carbocycles. The van der Waals surface area contributed by atoms with Gasteiger partial charge in [-0.2, -0.15) is 0 Å². The highest BCUT2D eigenvalue weighted by atomic mass is 32.2. The zero-order valence-electron chi connectivity index (χ0n) is 24.9. The van der Waals surface area contributed by atoms with E-state index < -0.39 is 5.97 Å². The van der Waals surface area contributed by atoms with E-state index in [2.05, 4.69) is 78.3 Å². The van der Waals surface area contributed by atoms with Gasteiger partial charge in [-0.15, -0.1) is 11.8 Å². The first kappa shape index (κ1) is 30.2. The fourth-order valence-corrected chi connectivity index (χ4v) is 5.42. The molecule has 0 unspecified atom stereocenters. The topological polar surface area (TPSA) is 56.4 Å². The van der Waals surface area contributed by atoms with Crippen molar-refractivity contribution in [3.8, 4) is 29.4 Å². The molecule has 2 heterocycles. The number of benzene rings is 3. The zero-order chi connectivity index (χ0) is 30.9. The Morgan fingerprint density at radius 1 is 0.795 bits per heavy atom. The molecule has 0 radical (unpaired) electrons. The van der Waals surface area contributed by atoms with Gasteiger partial charge in [-0.3, -0.25) is 0 Å². The Labute approximate surface area is 262 Å². The van der Waals surface area contributed by atoms with Gasteiger partial charge >= 0.3 is 5.97 Å². The first-order valence-electron chi connectivity index (χ1n) is 14.1. The van der Waals surface area contributed by atoms with Crippen molar-refractivity contribution in [1.29, 1.82) is 0 Å². The van der Waals surface area contributed by atoms with Crippen LogP contribution in [0.5, 0.6) is 5.75 Å². The van der Waals surface area contributed by atoms with Gasteiger partial charge in [-0.1, -0.05) is 42.2 Å². The maximum atomic E-state index is 10.9. The third kappa shape index (κ3) is 7.95. The number of aryl methyl sites for hydroxylation is 3. The van der Waals surface area contributed by atoms with Crippen LogP contribution in [0, 0.1) is 30.6 Å². The molecule has 44 heavy (non-hydrogen) atoms. The van der Waals surface area contributed by atoms with Crippen LogP contribution in [-0.4, -0.2) is 32.6 Å². The number of aliphatic carboxylic acids is 1. The van der Waals surface area contributed by atoms with Crippen molar-refractivity contribution < 1.29 is 14.6 Å². The molecular formula is C38H32N2O3S. The minimum Gasteiger partial charge on any atom is -0.482 e.